The second-order valence-electron chi connectivity index (χ2n) is 9.28. The van der Waals surface area contributed by atoms with E-state index in [0.717, 1.165) is 35.6 Å². The van der Waals surface area contributed by atoms with E-state index in [1.807, 2.05) is 17.7 Å². The van der Waals surface area contributed by atoms with Crippen LogP contribution in [0, 0.1) is 25.2 Å². The van der Waals surface area contributed by atoms with Gasteiger partial charge >= 0.3 is 5.97 Å². The van der Waals surface area contributed by atoms with Gasteiger partial charge in [0.15, 0.2) is 5.65 Å². The Labute approximate surface area is 196 Å². The monoisotopic (exact) mass is 465 g/mol. The largest absolute Gasteiger partial charge is 0.462 e. The zero-order chi connectivity index (χ0) is 24.1. The lowest BCUT2D eigenvalue weighted by atomic mass is 10.1. The summed E-state index contributed by atoms with van der Waals surface area (Å²) in [5.41, 5.74) is 3.23. The smallest absolute Gasteiger partial charge is 0.348 e. The predicted molar refractivity (Wildman–Crippen MR) is 127 cm³/mol. The van der Waals surface area contributed by atoms with E-state index in [1.165, 1.54) is 0 Å². The average molecular weight is 466 g/mol. The molecule has 0 unspecified atom stereocenters. The van der Waals surface area contributed by atoms with Crippen LogP contribution >= 0.6 is 11.3 Å². The second kappa shape index (κ2) is 8.27. The topological polar surface area (TPSA) is 110 Å². The first-order chi connectivity index (χ1) is 15.6. The molecule has 0 spiro atoms. The van der Waals surface area contributed by atoms with E-state index in [9.17, 15) is 14.9 Å². The highest BCUT2D eigenvalue weighted by atomic mass is 32.1. The molecule has 3 heterocycles. The molecular formula is C24H27N5O3S. The zero-order valence-electron chi connectivity index (χ0n) is 19.7. The molecule has 0 radical (unpaired) electrons. The maximum Gasteiger partial charge on any atom is 0.348 e. The first kappa shape index (κ1) is 22.9. The number of nitrogens with one attached hydrogen (secondary N) is 1. The molecule has 1 amide bonds. The van der Waals surface area contributed by atoms with Crippen LogP contribution in [-0.2, 0) is 10.3 Å². The molecule has 0 aliphatic heterocycles. The third-order valence-corrected chi connectivity index (χ3v) is 6.84. The summed E-state index contributed by atoms with van der Waals surface area (Å²) in [4.78, 5) is 31.0. The highest BCUT2D eigenvalue weighted by Crippen LogP contribution is 2.41. The van der Waals surface area contributed by atoms with Crippen LogP contribution in [-0.4, -0.2) is 33.2 Å². The maximum absolute atomic E-state index is 13.5. The number of pyridine rings is 1. The minimum Gasteiger partial charge on any atom is -0.462 e. The number of nitrogens with zero attached hydrogens (tertiary/aromatic N) is 4. The molecule has 8 nitrogen and oxygen atoms in total. The third kappa shape index (κ3) is 4.11. The normalized spacial score (nSPS) is 13.7. The van der Waals surface area contributed by atoms with Crippen molar-refractivity contribution in [2.24, 2.45) is 0 Å². The number of aryl methyl sites for hydroxylation is 1. The van der Waals surface area contributed by atoms with Crippen LogP contribution in [0.15, 0.2) is 6.07 Å². The lowest BCUT2D eigenvalue weighted by Crippen LogP contribution is -2.23. The van der Waals surface area contributed by atoms with Crippen molar-refractivity contribution in [3.8, 4) is 6.07 Å². The van der Waals surface area contributed by atoms with Gasteiger partial charge in [0.05, 0.1) is 34.4 Å². The summed E-state index contributed by atoms with van der Waals surface area (Å²) < 4.78 is 6.97. The number of amides is 1. The molecule has 3 aromatic rings. The minimum atomic E-state index is -0.499. The first-order valence-electron chi connectivity index (χ1n) is 11.0. The van der Waals surface area contributed by atoms with E-state index < -0.39 is 5.97 Å². The van der Waals surface area contributed by atoms with Gasteiger partial charge in [-0.25, -0.2) is 14.5 Å². The fourth-order valence-corrected chi connectivity index (χ4v) is 4.89. The van der Waals surface area contributed by atoms with Crippen LogP contribution in [0.2, 0.25) is 0 Å². The van der Waals surface area contributed by atoms with E-state index in [0.29, 0.717) is 38.0 Å². The number of ether oxygens (including phenoxy) is 1. The highest BCUT2D eigenvalue weighted by Gasteiger charge is 2.31. The van der Waals surface area contributed by atoms with Gasteiger partial charge in [-0.2, -0.15) is 10.4 Å². The van der Waals surface area contributed by atoms with Crippen LogP contribution in [0.5, 0.6) is 0 Å². The maximum atomic E-state index is 13.5. The Hall–Kier alpha value is -3.25. The number of fused-ring (bicyclic) bond motifs is 1. The van der Waals surface area contributed by atoms with Crippen LogP contribution in [0.4, 0.5) is 5.00 Å². The highest BCUT2D eigenvalue weighted by molar-refractivity contribution is 7.18. The van der Waals surface area contributed by atoms with Crippen molar-refractivity contribution in [3.05, 3.63) is 39.0 Å². The summed E-state index contributed by atoms with van der Waals surface area (Å²) in [5, 5.41) is 18.3. The number of hydrogen-bond donors (Lipinski definition) is 1. The van der Waals surface area contributed by atoms with Gasteiger partial charge < -0.3 is 10.1 Å². The number of carbonyl (C=O) groups excluding carboxylic acids is 2. The van der Waals surface area contributed by atoms with Crippen molar-refractivity contribution in [2.75, 3.05) is 11.9 Å². The van der Waals surface area contributed by atoms with Crippen molar-refractivity contribution in [3.63, 3.8) is 0 Å². The summed E-state index contributed by atoms with van der Waals surface area (Å²) in [6, 6.07) is 3.95. The van der Waals surface area contributed by atoms with E-state index >= 15 is 0 Å². The number of rotatable bonds is 5. The summed E-state index contributed by atoms with van der Waals surface area (Å²) in [6.07, 6.45) is 2.10. The van der Waals surface area contributed by atoms with Gasteiger partial charge in [0.1, 0.15) is 15.9 Å². The number of nitriles is 1. The zero-order valence-corrected chi connectivity index (χ0v) is 20.5. The third-order valence-electron chi connectivity index (χ3n) is 5.65. The van der Waals surface area contributed by atoms with Gasteiger partial charge in [-0.05, 0) is 66.0 Å². The SMILES string of the molecule is CCOC(=O)c1sc(NC(=O)c2cc(C3CC3)nc3c2c(C)nn3C(C)(C)C)c(C#N)c1C. The molecule has 1 fully saturated rings. The van der Waals surface area contributed by atoms with E-state index in [4.69, 9.17) is 14.8 Å². The van der Waals surface area contributed by atoms with Gasteiger partial charge in [-0.3, -0.25) is 4.79 Å². The molecule has 0 bridgehead atoms. The molecule has 9 heteroatoms. The number of hydrogen-bond acceptors (Lipinski definition) is 7. The van der Waals surface area contributed by atoms with Crippen molar-refractivity contribution in [2.45, 2.75) is 65.8 Å². The van der Waals surface area contributed by atoms with Crippen LogP contribution < -0.4 is 5.32 Å². The van der Waals surface area contributed by atoms with Crippen molar-refractivity contribution in [1.82, 2.24) is 14.8 Å². The van der Waals surface area contributed by atoms with Crippen LogP contribution in [0.25, 0.3) is 11.0 Å². The first-order valence-corrected chi connectivity index (χ1v) is 11.8. The van der Waals surface area contributed by atoms with Crippen molar-refractivity contribution >= 4 is 39.2 Å². The quantitative estimate of drug-likeness (QED) is 0.529. The molecule has 0 atom stereocenters. The number of aromatic nitrogens is 3. The van der Waals surface area contributed by atoms with E-state index in [1.54, 1.807) is 13.8 Å². The minimum absolute atomic E-state index is 0.232. The fourth-order valence-electron chi connectivity index (χ4n) is 3.84. The van der Waals surface area contributed by atoms with Gasteiger partial charge in [0.25, 0.3) is 5.91 Å². The Bertz CT molecular complexity index is 1320. The molecule has 0 aromatic carbocycles. The Morgan fingerprint density at radius 3 is 2.61 bits per heavy atom. The molecule has 33 heavy (non-hydrogen) atoms. The summed E-state index contributed by atoms with van der Waals surface area (Å²) in [6.45, 7) is 11.7. The predicted octanol–water partition coefficient (Wildman–Crippen LogP) is 5.04. The Morgan fingerprint density at radius 1 is 1.33 bits per heavy atom. The van der Waals surface area contributed by atoms with Crippen LogP contribution in [0.1, 0.15) is 89.0 Å². The molecule has 172 valence electrons. The number of anilines is 1. The molecule has 3 aromatic heterocycles. The van der Waals surface area contributed by atoms with Gasteiger partial charge in [-0.15, -0.1) is 11.3 Å². The molecule has 4 rings (SSSR count). The molecule has 1 saturated carbocycles. The Kier molecular flexibility index (Phi) is 5.74. The molecular weight excluding hydrogens is 438 g/mol. The standard InChI is InChI=1S/C24H27N5O3S/c1-7-32-23(31)19-12(2)16(11-25)22(33-19)27-21(30)15-10-17(14-8-9-14)26-20-18(15)13(3)28-29(20)24(4,5)6/h10,14H,7-9H2,1-6H3,(H,27,30). The molecule has 1 aliphatic carbocycles. The van der Waals surface area contributed by atoms with Gasteiger partial charge in [0.2, 0.25) is 0 Å². The van der Waals surface area contributed by atoms with Crippen molar-refractivity contribution < 1.29 is 14.3 Å². The van der Waals surface area contributed by atoms with E-state index in [-0.39, 0.29) is 23.6 Å². The average Bonchev–Trinajstić information content (AvgIpc) is 3.47. The van der Waals surface area contributed by atoms with E-state index in [2.05, 4.69) is 32.2 Å². The molecule has 1 aliphatic rings. The molecule has 0 saturated heterocycles. The lowest BCUT2D eigenvalue weighted by molar-refractivity contribution is 0.0531. The summed E-state index contributed by atoms with van der Waals surface area (Å²) >= 11 is 1.06. The number of thiophene rings is 1. The number of carbonyl (C=O) groups is 2. The van der Waals surface area contributed by atoms with Crippen LogP contribution in [0.3, 0.4) is 0 Å². The second-order valence-corrected chi connectivity index (χ2v) is 10.3. The summed E-state index contributed by atoms with van der Waals surface area (Å²) in [7, 11) is 0. The molecule has 1 N–H and O–H groups in total. The van der Waals surface area contributed by atoms with Crippen molar-refractivity contribution in [1.29, 1.82) is 5.26 Å². The summed E-state index contributed by atoms with van der Waals surface area (Å²) in [5.74, 6) is -0.505. The number of esters is 1. The fraction of sp³-hybridized carbons (Fsp3) is 0.458. The van der Waals surface area contributed by atoms with Gasteiger partial charge in [0, 0.05) is 11.6 Å². The Balaban J connectivity index is 1.81. The van der Waals surface area contributed by atoms with Gasteiger partial charge in [-0.1, -0.05) is 0 Å². The lowest BCUT2D eigenvalue weighted by Gasteiger charge is -2.20. The Morgan fingerprint density at radius 2 is 2.03 bits per heavy atom.